The lowest BCUT2D eigenvalue weighted by atomic mass is 10.1. The molecule has 114 valence electrons. The highest BCUT2D eigenvalue weighted by atomic mass is 19.4. The van der Waals surface area contributed by atoms with Crippen molar-refractivity contribution in [1.29, 1.82) is 0 Å². The zero-order valence-corrected chi connectivity index (χ0v) is 11.2. The summed E-state index contributed by atoms with van der Waals surface area (Å²) in [5.41, 5.74) is 0.565. The molecule has 1 aromatic carbocycles. The van der Waals surface area contributed by atoms with Crippen molar-refractivity contribution in [3.05, 3.63) is 35.9 Å². The molecule has 1 aliphatic heterocycles. The van der Waals surface area contributed by atoms with Gasteiger partial charge in [0.15, 0.2) is 0 Å². The molecule has 1 saturated heterocycles. The number of hydrogen-bond donors (Lipinski definition) is 1. The summed E-state index contributed by atoms with van der Waals surface area (Å²) in [6.07, 6.45) is -5.40. The van der Waals surface area contributed by atoms with Crippen LogP contribution in [0.5, 0.6) is 0 Å². The first-order valence-corrected chi connectivity index (χ1v) is 6.57. The third-order valence-electron chi connectivity index (χ3n) is 3.27. The summed E-state index contributed by atoms with van der Waals surface area (Å²) in [5.74, 6) is -0.844. The minimum absolute atomic E-state index is 0.00405. The molecule has 0 aliphatic carbocycles. The zero-order chi connectivity index (χ0) is 15.5. The molecule has 0 aromatic heterocycles. The lowest BCUT2D eigenvalue weighted by Crippen LogP contribution is -2.39. The lowest BCUT2D eigenvalue weighted by molar-refractivity contribution is -0.146. The summed E-state index contributed by atoms with van der Waals surface area (Å²) in [4.78, 5) is 25.1. The van der Waals surface area contributed by atoms with Gasteiger partial charge in [0.25, 0.3) is 0 Å². The van der Waals surface area contributed by atoms with E-state index in [1.807, 2.05) is 0 Å². The number of benzene rings is 1. The van der Waals surface area contributed by atoms with E-state index in [4.69, 9.17) is 0 Å². The first-order chi connectivity index (χ1) is 9.87. The van der Waals surface area contributed by atoms with E-state index in [0.717, 1.165) is 4.90 Å². The van der Waals surface area contributed by atoms with Crippen LogP contribution >= 0.6 is 0 Å². The lowest BCUT2D eigenvalue weighted by Gasteiger charge is -2.24. The second kappa shape index (κ2) is 6.15. The highest BCUT2D eigenvalue weighted by molar-refractivity contribution is 5.90. The molecule has 1 fully saturated rings. The van der Waals surface area contributed by atoms with Gasteiger partial charge in [0.05, 0.1) is 6.42 Å². The molecule has 0 bridgehead atoms. The molecular weight excluding hydrogens is 285 g/mol. The Hall–Kier alpha value is -2.05. The fourth-order valence-electron chi connectivity index (χ4n) is 2.18. The van der Waals surface area contributed by atoms with Gasteiger partial charge in [-0.05, 0) is 5.56 Å². The Kier molecular flexibility index (Phi) is 4.50. The number of carbonyl (C=O) groups excluding carboxylic acids is 2. The van der Waals surface area contributed by atoms with Crippen LogP contribution in [0.15, 0.2) is 30.3 Å². The third kappa shape index (κ3) is 4.21. The highest BCUT2D eigenvalue weighted by Crippen LogP contribution is 2.23. The average Bonchev–Trinajstić information content (AvgIpc) is 2.57. The van der Waals surface area contributed by atoms with Gasteiger partial charge in [-0.2, -0.15) is 13.2 Å². The minimum atomic E-state index is -4.33. The van der Waals surface area contributed by atoms with Crippen molar-refractivity contribution in [3.8, 4) is 0 Å². The summed E-state index contributed by atoms with van der Waals surface area (Å²) in [5, 5.41) is 2.56. The molecule has 1 heterocycles. The molecule has 2 amide bonds. The van der Waals surface area contributed by atoms with Crippen LogP contribution < -0.4 is 5.32 Å². The molecule has 2 rings (SSSR count). The van der Waals surface area contributed by atoms with E-state index in [0.29, 0.717) is 5.56 Å². The molecule has 0 radical (unpaired) electrons. The maximum absolute atomic E-state index is 12.4. The van der Waals surface area contributed by atoms with Gasteiger partial charge in [0.2, 0.25) is 11.8 Å². The van der Waals surface area contributed by atoms with Crippen LogP contribution in [0.25, 0.3) is 0 Å². The van der Waals surface area contributed by atoms with Crippen molar-refractivity contribution in [3.63, 3.8) is 0 Å². The quantitative estimate of drug-likeness (QED) is 0.928. The molecule has 1 unspecified atom stereocenters. The number of alkyl halides is 3. The average molecular weight is 300 g/mol. The standard InChI is InChI=1S/C14H15F3N2O2/c15-14(16,17)7-9-19-8-6-11(20)18-12(13(19)21)10-4-2-1-3-5-10/h1-5,12H,6-9H2,(H,18,20). The first kappa shape index (κ1) is 15.3. The van der Waals surface area contributed by atoms with Crippen molar-refractivity contribution < 1.29 is 22.8 Å². The number of amides is 2. The summed E-state index contributed by atoms with van der Waals surface area (Å²) in [7, 11) is 0. The first-order valence-electron chi connectivity index (χ1n) is 6.57. The van der Waals surface area contributed by atoms with Crippen LogP contribution in [0, 0.1) is 0 Å². The Morgan fingerprint density at radius 1 is 1.19 bits per heavy atom. The number of nitrogens with one attached hydrogen (secondary N) is 1. The van der Waals surface area contributed by atoms with E-state index < -0.39 is 31.1 Å². The van der Waals surface area contributed by atoms with Gasteiger partial charge in [-0.15, -0.1) is 0 Å². The Balaban J connectivity index is 2.16. The third-order valence-corrected chi connectivity index (χ3v) is 3.27. The topological polar surface area (TPSA) is 49.4 Å². The molecule has 21 heavy (non-hydrogen) atoms. The Labute approximate surface area is 119 Å². The predicted molar refractivity (Wildman–Crippen MR) is 69.2 cm³/mol. The van der Waals surface area contributed by atoms with Crippen molar-refractivity contribution in [2.45, 2.75) is 25.1 Å². The number of nitrogens with zero attached hydrogens (tertiary/aromatic N) is 1. The van der Waals surface area contributed by atoms with Crippen molar-refractivity contribution >= 4 is 11.8 Å². The van der Waals surface area contributed by atoms with E-state index in [9.17, 15) is 22.8 Å². The van der Waals surface area contributed by atoms with Crippen molar-refractivity contribution in [2.75, 3.05) is 13.1 Å². The molecule has 1 atom stereocenters. The maximum Gasteiger partial charge on any atom is 0.390 e. The molecule has 4 nitrogen and oxygen atoms in total. The SMILES string of the molecule is O=C1CCN(CCC(F)(F)F)C(=O)C(c2ccccc2)N1. The van der Waals surface area contributed by atoms with E-state index in [-0.39, 0.29) is 18.9 Å². The Bertz CT molecular complexity index is 517. The fraction of sp³-hybridized carbons (Fsp3) is 0.429. The van der Waals surface area contributed by atoms with E-state index in [1.165, 1.54) is 0 Å². The van der Waals surface area contributed by atoms with Crippen LogP contribution in [0.1, 0.15) is 24.4 Å². The highest BCUT2D eigenvalue weighted by Gasteiger charge is 2.34. The van der Waals surface area contributed by atoms with Crippen LogP contribution in [-0.4, -0.2) is 36.0 Å². The number of halogens is 3. The van der Waals surface area contributed by atoms with Crippen LogP contribution in [0.4, 0.5) is 13.2 Å². The van der Waals surface area contributed by atoms with Crippen molar-refractivity contribution in [2.24, 2.45) is 0 Å². The minimum Gasteiger partial charge on any atom is -0.340 e. The van der Waals surface area contributed by atoms with Gasteiger partial charge in [-0.1, -0.05) is 30.3 Å². The summed E-state index contributed by atoms with van der Waals surface area (Å²) >= 11 is 0. The van der Waals surface area contributed by atoms with Gasteiger partial charge in [0.1, 0.15) is 6.04 Å². The van der Waals surface area contributed by atoms with Gasteiger partial charge >= 0.3 is 6.18 Å². The van der Waals surface area contributed by atoms with Gasteiger partial charge in [-0.3, -0.25) is 9.59 Å². The second-order valence-corrected chi connectivity index (χ2v) is 4.85. The number of hydrogen-bond acceptors (Lipinski definition) is 2. The zero-order valence-electron chi connectivity index (χ0n) is 11.2. The summed E-state index contributed by atoms with van der Waals surface area (Å²) in [6, 6.07) is 7.58. The van der Waals surface area contributed by atoms with E-state index >= 15 is 0 Å². The molecule has 1 aliphatic rings. The fourth-order valence-corrected chi connectivity index (χ4v) is 2.18. The summed E-state index contributed by atoms with van der Waals surface area (Å²) < 4.78 is 36.9. The molecule has 0 spiro atoms. The van der Waals surface area contributed by atoms with E-state index in [1.54, 1.807) is 30.3 Å². The summed E-state index contributed by atoms with van der Waals surface area (Å²) in [6.45, 7) is -0.426. The van der Waals surface area contributed by atoms with Crippen LogP contribution in [0.3, 0.4) is 0 Å². The Morgan fingerprint density at radius 3 is 2.48 bits per heavy atom. The largest absolute Gasteiger partial charge is 0.390 e. The van der Waals surface area contributed by atoms with Gasteiger partial charge < -0.3 is 10.2 Å². The number of rotatable bonds is 3. The van der Waals surface area contributed by atoms with Crippen molar-refractivity contribution in [1.82, 2.24) is 10.2 Å². The van der Waals surface area contributed by atoms with Gasteiger partial charge in [-0.25, -0.2) is 0 Å². The normalized spacial score (nSPS) is 20.1. The molecule has 1 N–H and O–H groups in total. The predicted octanol–water partition coefficient (Wildman–Crippen LogP) is 2.03. The molecular formula is C14H15F3N2O2. The molecule has 0 saturated carbocycles. The maximum atomic E-state index is 12.4. The monoisotopic (exact) mass is 300 g/mol. The van der Waals surface area contributed by atoms with Crippen LogP contribution in [0.2, 0.25) is 0 Å². The van der Waals surface area contributed by atoms with E-state index in [2.05, 4.69) is 5.32 Å². The second-order valence-electron chi connectivity index (χ2n) is 4.85. The number of carbonyl (C=O) groups is 2. The Morgan fingerprint density at radius 2 is 1.86 bits per heavy atom. The van der Waals surface area contributed by atoms with Crippen LogP contribution in [-0.2, 0) is 9.59 Å². The van der Waals surface area contributed by atoms with Gasteiger partial charge in [0, 0.05) is 19.5 Å². The molecule has 7 heteroatoms. The smallest absolute Gasteiger partial charge is 0.340 e. The molecule has 1 aromatic rings.